The van der Waals surface area contributed by atoms with E-state index in [9.17, 15) is 24.0 Å². The summed E-state index contributed by atoms with van der Waals surface area (Å²) < 4.78 is 5.87. The summed E-state index contributed by atoms with van der Waals surface area (Å²) in [5, 5.41) is 6.02. The summed E-state index contributed by atoms with van der Waals surface area (Å²) in [6.07, 6.45) is 5.66. The summed E-state index contributed by atoms with van der Waals surface area (Å²) in [5.74, 6) is -1.23. The summed E-state index contributed by atoms with van der Waals surface area (Å²) in [4.78, 5) is 79.7. The normalized spacial score (nSPS) is 24.7. The van der Waals surface area contributed by atoms with Crippen molar-refractivity contribution < 1.29 is 28.7 Å². The average molecular weight is 726 g/mol. The number of carbonyl (C=O) groups is 5. The van der Waals surface area contributed by atoms with Crippen LogP contribution in [0.3, 0.4) is 0 Å². The van der Waals surface area contributed by atoms with Crippen molar-refractivity contribution in [2.24, 2.45) is 27.7 Å². The number of ether oxygens (including phenoxy) is 1. The molecule has 11 nitrogen and oxygen atoms in total. The molecule has 284 valence electrons. The lowest BCUT2D eigenvalue weighted by atomic mass is 9.81. The zero-order valence-electron chi connectivity index (χ0n) is 32.3. The van der Waals surface area contributed by atoms with E-state index < -0.39 is 46.4 Å². The molecule has 0 bridgehead atoms. The minimum atomic E-state index is -0.933. The third kappa shape index (κ3) is 8.39. The van der Waals surface area contributed by atoms with Gasteiger partial charge in [-0.3, -0.25) is 33.9 Å². The fourth-order valence-electron chi connectivity index (χ4n) is 8.20. The number of aliphatic imine (C=N–C) groups is 1. The Morgan fingerprint density at radius 3 is 2.34 bits per heavy atom. The Bertz CT molecular complexity index is 1770. The van der Waals surface area contributed by atoms with E-state index in [4.69, 9.17) is 9.73 Å². The lowest BCUT2D eigenvalue weighted by molar-refractivity contribution is -0.145. The Labute approximate surface area is 313 Å². The van der Waals surface area contributed by atoms with E-state index in [1.165, 1.54) is 0 Å². The average Bonchev–Trinajstić information content (AvgIpc) is 4.05. The van der Waals surface area contributed by atoms with Crippen LogP contribution in [-0.4, -0.2) is 82.7 Å². The SMILES string of the molecule is CCOc1c(C)cc(C2=NC[C@]3(C2)C[C@@H](C(=O)N[C@@H](CC2CC2)C(=O)C(=O)CC)N(C(=O)[C@@H](NC(=O)[C@H]2C[C@@H]2c2ccccn2)C(C)(C)C)C3)cc1C. The molecule has 6 rings (SSSR count). The van der Waals surface area contributed by atoms with Crippen molar-refractivity contribution in [3.63, 3.8) is 0 Å². The van der Waals surface area contributed by atoms with Crippen LogP contribution in [0.15, 0.2) is 41.5 Å². The number of aromatic nitrogens is 1. The zero-order valence-corrected chi connectivity index (χ0v) is 32.3. The Morgan fingerprint density at radius 1 is 1.02 bits per heavy atom. The number of nitrogens with one attached hydrogen (secondary N) is 2. The molecule has 3 fully saturated rings. The van der Waals surface area contributed by atoms with Gasteiger partial charge in [-0.1, -0.05) is 46.6 Å². The van der Waals surface area contributed by atoms with E-state index in [1.54, 1.807) is 18.0 Å². The molecule has 2 aliphatic heterocycles. The molecule has 2 aliphatic carbocycles. The van der Waals surface area contributed by atoms with Crippen LogP contribution >= 0.6 is 0 Å². The number of ketones is 2. The molecular formula is C42H55N5O6. The van der Waals surface area contributed by atoms with E-state index in [0.29, 0.717) is 38.8 Å². The molecule has 0 unspecified atom stereocenters. The standard InChI is InChI=1S/C42H55N5O6/c1-8-34(48)35(49)31(18-26-13-14-26)45-39(51)33-21-42(20-32(44-22-42)27-16-24(3)36(53-9-2)25(4)17-27)23-47(33)40(52)37(41(5,6)7)46-38(50)29-19-28(29)30-12-10-11-15-43-30/h10-12,15-17,26,28-29,31,33,37H,8-9,13-14,18-23H2,1-7H3,(H,45,51)(H,46,50)/t28-,29-,31-,33-,37+,42-/m0/s1. The second kappa shape index (κ2) is 15.1. The Balaban J connectivity index is 1.26. The Morgan fingerprint density at radius 2 is 1.74 bits per heavy atom. The second-order valence-electron chi connectivity index (χ2n) is 16.9. The first-order valence-corrected chi connectivity index (χ1v) is 19.3. The van der Waals surface area contributed by atoms with Gasteiger partial charge in [-0.2, -0.15) is 0 Å². The van der Waals surface area contributed by atoms with Crippen molar-refractivity contribution in [2.45, 2.75) is 117 Å². The number of amides is 3. The summed E-state index contributed by atoms with van der Waals surface area (Å²) >= 11 is 0. The van der Waals surface area contributed by atoms with E-state index in [-0.39, 0.29) is 42.5 Å². The fourth-order valence-corrected chi connectivity index (χ4v) is 8.20. The van der Waals surface area contributed by atoms with Gasteiger partial charge in [-0.05, 0) is 98.7 Å². The van der Waals surface area contributed by atoms with Gasteiger partial charge in [-0.15, -0.1) is 0 Å². The monoisotopic (exact) mass is 725 g/mol. The van der Waals surface area contributed by atoms with Gasteiger partial charge >= 0.3 is 0 Å². The Kier molecular flexibility index (Phi) is 10.9. The van der Waals surface area contributed by atoms with Crippen LogP contribution in [0.5, 0.6) is 5.75 Å². The molecule has 1 saturated heterocycles. The zero-order chi connectivity index (χ0) is 38.2. The number of nitrogens with zero attached hydrogens (tertiary/aromatic N) is 3. The molecule has 53 heavy (non-hydrogen) atoms. The first kappa shape index (κ1) is 38.3. The smallest absolute Gasteiger partial charge is 0.246 e. The summed E-state index contributed by atoms with van der Waals surface area (Å²) in [6.45, 7) is 14.6. The number of Topliss-reactive ketones (excluding diaryl/α,β-unsaturated/α-hetero) is 2. The molecule has 0 radical (unpaired) electrons. The highest BCUT2D eigenvalue weighted by Crippen LogP contribution is 2.48. The first-order valence-electron chi connectivity index (χ1n) is 19.3. The molecule has 2 N–H and O–H groups in total. The Hall–Kier alpha value is -4.41. The van der Waals surface area contributed by atoms with Crippen molar-refractivity contribution in [1.82, 2.24) is 20.5 Å². The number of aryl methyl sites for hydroxylation is 2. The van der Waals surface area contributed by atoms with Crippen molar-refractivity contribution in [2.75, 3.05) is 19.7 Å². The summed E-state index contributed by atoms with van der Waals surface area (Å²) in [5.41, 5.74) is 3.61. The molecular weight excluding hydrogens is 670 g/mol. The maximum atomic E-state index is 14.8. The maximum absolute atomic E-state index is 14.8. The first-order chi connectivity index (χ1) is 25.1. The van der Waals surface area contributed by atoms with Gasteiger partial charge < -0.3 is 20.3 Å². The van der Waals surface area contributed by atoms with Crippen LogP contribution in [0.4, 0.5) is 0 Å². The van der Waals surface area contributed by atoms with Crippen LogP contribution in [-0.2, 0) is 24.0 Å². The largest absolute Gasteiger partial charge is 0.493 e. The van der Waals surface area contributed by atoms with Gasteiger partial charge in [0, 0.05) is 54.4 Å². The van der Waals surface area contributed by atoms with Gasteiger partial charge in [0.2, 0.25) is 23.5 Å². The third-order valence-electron chi connectivity index (χ3n) is 11.4. The molecule has 6 atom stereocenters. The van der Waals surface area contributed by atoms with Crippen LogP contribution in [0.1, 0.15) is 108 Å². The molecule has 1 spiro atoms. The summed E-state index contributed by atoms with van der Waals surface area (Å²) in [6, 6.07) is 7.08. The van der Waals surface area contributed by atoms with Gasteiger partial charge in [0.25, 0.3) is 0 Å². The highest BCUT2D eigenvalue weighted by Gasteiger charge is 2.54. The van der Waals surface area contributed by atoms with Crippen molar-refractivity contribution >= 4 is 35.0 Å². The van der Waals surface area contributed by atoms with Crippen LogP contribution in [0.2, 0.25) is 0 Å². The minimum absolute atomic E-state index is 0.00351. The fraction of sp³-hybridized carbons (Fsp3) is 0.595. The topological polar surface area (TPSA) is 147 Å². The van der Waals surface area contributed by atoms with Crippen molar-refractivity contribution in [3.05, 3.63) is 58.9 Å². The van der Waals surface area contributed by atoms with Gasteiger partial charge in [0.1, 0.15) is 17.8 Å². The number of carbonyl (C=O) groups excluding carboxylic acids is 5. The van der Waals surface area contributed by atoms with E-state index in [1.807, 2.05) is 59.7 Å². The molecule has 3 heterocycles. The summed E-state index contributed by atoms with van der Waals surface area (Å²) in [7, 11) is 0. The molecule has 2 saturated carbocycles. The molecule has 1 aromatic heterocycles. The quantitative estimate of drug-likeness (QED) is 0.259. The predicted molar refractivity (Wildman–Crippen MR) is 202 cm³/mol. The highest BCUT2D eigenvalue weighted by atomic mass is 16.5. The number of rotatable bonds is 14. The third-order valence-corrected chi connectivity index (χ3v) is 11.4. The van der Waals surface area contributed by atoms with Crippen LogP contribution < -0.4 is 15.4 Å². The molecule has 2 aromatic rings. The highest BCUT2D eigenvalue weighted by molar-refractivity contribution is 6.39. The number of benzene rings is 1. The van der Waals surface area contributed by atoms with Crippen molar-refractivity contribution in [3.8, 4) is 5.75 Å². The second-order valence-corrected chi connectivity index (χ2v) is 16.9. The van der Waals surface area contributed by atoms with Gasteiger partial charge in [0.15, 0.2) is 5.78 Å². The number of hydrogen-bond acceptors (Lipinski definition) is 8. The predicted octanol–water partition coefficient (Wildman–Crippen LogP) is 5.04. The van der Waals surface area contributed by atoms with E-state index >= 15 is 0 Å². The molecule has 1 aromatic carbocycles. The van der Waals surface area contributed by atoms with Gasteiger partial charge in [0.05, 0.1) is 12.6 Å². The van der Waals surface area contributed by atoms with E-state index in [0.717, 1.165) is 46.7 Å². The van der Waals surface area contributed by atoms with Crippen LogP contribution in [0.25, 0.3) is 0 Å². The maximum Gasteiger partial charge on any atom is 0.246 e. The van der Waals surface area contributed by atoms with Gasteiger partial charge in [-0.25, -0.2) is 0 Å². The molecule has 3 amide bonds. The lowest BCUT2D eigenvalue weighted by Crippen LogP contribution is -2.59. The lowest BCUT2D eigenvalue weighted by Gasteiger charge is -2.36. The molecule has 4 aliphatic rings. The number of likely N-dealkylation sites (tertiary alicyclic amines) is 1. The minimum Gasteiger partial charge on any atom is -0.493 e. The van der Waals surface area contributed by atoms with Crippen LogP contribution in [0, 0.1) is 36.5 Å². The van der Waals surface area contributed by atoms with E-state index in [2.05, 4.69) is 27.8 Å². The number of hydrogen-bond donors (Lipinski definition) is 2. The van der Waals surface area contributed by atoms with Crippen molar-refractivity contribution in [1.29, 1.82) is 0 Å². The number of pyridine rings is 1. The molecule has 11 heteroatoms.